The van der Waals surface area contributed by atoms with Gasteiger partial charge in [0.1, 0.15) is 5.69 Å². The van der Waals surface area contributed by atoms with Crippen LogP contribution in [0.3, 0.4) is 0 Å². The highest BCUT2D eigenvalue weighted by Crippen LogP contribution is 2.30. The monoisotopic (exact) mass is 341 g/mol. The quantitative estimate of drug-likeness (QED) is 0.756. The first-order valence-electron chi connectivity index (χ1n) is 8.37. The van der Waals surface area contributed by atoms with Gasteiger partial charge in [-0.15, -0.1) is 0 Å². The number of aryl methyl sites for hydroxylation is 1. The maximum Gasteiger partial charge on any atom is 0.259 e. The van der Waals surface area contributed by atoms with Crippen LogP contribution in [0.2, 0.25) is 0 Å². The average molecular weight is 341 g/mol. The van der Waals surface area contributed by atoms with E-state index in [0.717, 1.165) is 12.8 Å². The van der Waals surface area contributed by atoms with Crippen LogP contribution in [0.4, 0.5) is 0 Å². The molecule has 3 aromatic rings. The van der Waals surface area contributed by atoms with E-state index >= 15 is 0 Å². The van der Waals surface area contributed by atoms with Gasteiger partial charge in [-0.25, -0.2) is 4.98 Å². The van der Waals surface area contributed by atoms with E-state index in [4.69, 9.17) is 8.94 Å². The number of aromatic nitrogens is 2. The Labute approximate surface area is 144 Å². The van der Waals surface area contributed by atoms with E-state index in [2.05, 4.69) is 15.5 Å². The van der Waals surface area contributed by atoms with Crippen molar-refractivity contribution in [2.45, 2.75) is 38.2 Å². The Morgan fingerprint density at radius 1 is 1.40 bits per heavy atom. The Morgan fingerprint density at radius 3 is 2.92 bits per heavy atom. The van der Waals surface area contributed by atoms with Gasteiger partial charge < -0.3 is 19.4 Å². The first-order valence-corrected chi connectivity index (χ1v) is 8.37. The molecule has 1 aliphatic rings. The van der Waals surface area contributed by atoms with Gasteiger partial charge in [0.25, 0.3) is 11.6 Å². The Bertz CT molecular complexity index is 908. The Morgan fingerprint density at radius 2 is 2.20 bits per heavy atom. The summed E-state index contributed by atoms with van der Waals surface area (Å²) in [6.45, 7) is 2.00. The zero-order chi connectivity index (χ0) is 17.4. The number of carbonyl (C=O) groups excluding carboxylic acids is 1. The molecule has 7 nitrogen and oxygen atoms in total. The highest BCUT2D eigenvalue weighted by atomic mass is 16.5. The predicted molar refractivity (Wildman–Crippen MR) is 90.0 cm³/mol. The maximum atomic E-state index is 12.8. The van der Waals surface area contributed by atoms with Crippen LogP contribution in [0.1, 0.15) is 41.7 Å². The molecule has 0 aromatic carbocycles. The van der Waals surface area contributed by atoms with Crippen molar-refractivity contribution in [1.29, 1.82) is 0 Å². The van der Waals surface area contributed by atoms with Crippen LogP contribution in [0.5, 0.6) is 0 Å². The van der Waals surface area contributed by atoms with Crippen molar-refractivity contribution in [2.75, 3.05) is 6.54 Å². The zero-order valence-corrected chi connectivity index (χ0v) is 13.9. The van der Waals surface area contributed by atoms with Crippen molar-refractivity contribution < 1.29 is 18.8 Å². The number of hydrogen-bond acceptors (Lipinski definition) is 6. The Balaban J connectivity index is 1.69. The molecule has 0 radical (unpaired) electrons. The van der Waals surface area contributed by atoms with Crippen LogP contribution in [0.25, 0.3) is 22.6 Å². The highest BCUT2D eigenvalue weighted by Gasteiger charge is 2.32. The van der Waals surface area contributed by atoms with Crippen molar-refractivity contribution >= 4 is 17.0 Å². The molecule has 1 amide bonds. The minimum Gasteiger partial charge on any atom is -0.463 e. The largest absolute Gasteiger partial charge is 0.463 e. The molecule has 2 N–H and O–H groups in total. The summed E-state index contributed by atoms with van der Waals surface area (Å²) < 4.78 is 10.6. The number of furan rings is 1. The summed E-state index contributed by atoms with van der Waals surface area (Å²) in [5.41, 5.74) is 0.986. The molecule has 1 fully saturated rings. The molecular formula is C18H19N3O4. The summed E-state index contributed by atoms with van der Waals surface area (Å²) in [5, 5.41) is 17.8. The van der Waals surface area contributed by atoms with E-state index in [1.807, 2.05) is 0 Å². The van der Waals surface area contributed by atoms with Crippen molar-refractivity contribution in [2.24, 2.45) is 0 Å². The summed E-state index contributed by atoms with van der Waals surface area (Å²) in [6.07, 6.45) is 4.94. The normalized spacial score (nSPS) is 16.4. The average Bonchev–Trinajstić information content (AvgIpc) is 3.34. The second-order valence-corrected chi connectivity index (χ2v) is 6.59. The minimum absolute atomic E-state index is 0.232. The van der Waals surface area contributed by atoms with Crippen LogP contribution in [-0.2, 0) is 0 Å². The van der Waals surface area contributed by atoms with Gasteiger partial charge in [-0.1, -0.05) is 18.0 Å². The van der Waals surface area contributed by atoms with E-state index in [9.17, 15) is 9.90 Å². The fourth-order valence-electron chi connectivity index (χ4n) is 3.37. The van der Waals surface area contributed by atoms with Gasteiger partial charge in [0, 0.05) is 6.54 Å². The molecule has 3 heterocycles. The number of nitrogens with one attached hydrogen (secondary N) is 1. The van der Waals surface area contributed by atoms with E-state index < -0.39 is 5.60 Å². The lowest BCUT2D eigenvalue weighted by Gasteiger charge is -2.22. The molecule has 7 heteroatoms. The van der Waals surface area contributed by atoms with Gasteiger partial charge in [0.15, 0.2) is 5.76 Å². The molecular weight excluding hydrogens is 322 g/mol. The van der Waals surface area contributed by atoms with Gasteiger partial charge >= 0.3 is 0 Å². The number of rotatable bonds is 4. The van der Waals surface area contributed by atoms with Gasteiger partial charge in [-0.2, -0.15) is 0 Å². The third kappa shape index (κ3) is 2.91. The first kappa shape index (κ1) is 15.8. The van der Waals surface area contributed by atoms with Crippen LogP contribution < -0.4 is 5.32 Å². The molecule has 3 aromatic heterocycles. The van der Waals surface area contributed by atoms with Crippen LogP contribution in [0, 0.1) is 6.92 Å². The van der Waals surface area contributed by atoms with Gasteiger partial charge in [0.05, 0.1) is 28.5 Å². The van der Waals surface area contributed by atoms with Crippen molar-refractivity contribution in [3.8, 4) is 11.5 Å². The van der Waals surface area contributed by atoms with Crippen molar-refractivity contribution in [3.05, 3.63) is 35.7 Å². The lowest BCUT2D eigenvalue weighted by atomic mass is 10.0. The first-order chi connectivity index (χ1) is 12.1. The molecule has 1 aliphatic carbocycles. The van der Waals surface area contributed by atoms with E-state index in [-0.39, 0.29) is 18.2 Å². The topological polar surface area (TPSA) is 101 Å². The van der Waals surface area contributed by atoms with Crippen LogP contribution >= 0.6 is 0 Å². The highest BCUT2D eigenvalue weighted by molar-refractivity contribution is 6.06. The number of fused-ring (bicyclic) bond motifs is 1. The molecule has 0 saturated heterocycles. The standard InChI is InChI=1S/C18H19N3O4/c1-11-15-12(16(22)19-10-18(23)6-2-3-7-18)9-13(14-5-4-8-24-14)20-17(15)25-21-11/h4-5,8-9,23H,2-3,6-7,10H2,1H3,(H,19,22). The summed E-state index contributed by atoms with van der Waals surface area (Å²) in [5.74, 6) is 0.256. The number of nitrogens with zero attached hydrogens (tertiary/aromatic N) is 2. The second kappa shape index (κ2) is 6.00. The lowest BCUT2D eigenvalue weighted by Crippen LogP contribution is -2.40. The van der Waals surface area contributed by atoms with Gasteiger partial charge in [0.2, 0.25) is 0 Å². The summed E-state index contributed by atoms with van der Waals surface area (Å²) in [7, 11) is 0. The molecule has 130 valence electrons. The predicted octanol–water partition coefficient (Wildman–Crippen LogP) is 2.83. The second-order valence-electron chi connectivity index (χ2n) is 6.59. The van der Waals surface area contributed by atoms with E-state index in [1.165, 1.54) is 0 Å². The fourth-order valence-corrected chi connectivity index (χ4v) is 3.37. The summed E-state index contributed by atoms with van der Waals surface area (Å²) in [6, 6.07) is 5.18. The zero-order valence-electron chi connectivity index (χ0n) is 13.9. The molecule has 0 bridgehead atoms. The SMILES string of the molecule is Cc1noc2nc(-c3ccco3)cc(C(=O)NCC3(O)CCCC3)c12. The van der Waals surface area contributed by atoms with Crippen LogP contribution in [0.15, 0.2) is 33.4 Å². The molecule has 0 atom stereocenters. The van der Waals surface area contributed by atoms with Crippen molar-refractivity contribution in [3.63, 3.8) is 0 Å². The Hall–Kier alpha value is -2.67. The minimum atomic E-state index is -0.810. The third-order valence-corrected chi connectivity index (χ3v) is 4.75. The number of hydrogen-bond donors (Lipinski definition) is 2. The van der Waals surface area contributed by atoms with Gasteiger partial charge in [-0.05, 0) is 38.0 Å². The number of amides is 1. The molecule has 1 saturated carbocycles. The third-order valence-electron chi connectivity index (χ3n) is 4.75. The molecule has 0 unspecified atom stereocenters. The molecule has 0 aliphatic heterocycles. The van der Waals surface area contributed by atoms with E-state index in [1.54, 1.807) is 31.4 Å². The number of aliphatic hydroxyl groups is 1. The van der Waals surface area contributed by atoms with E-state index in [0.29, 0.717) is 40.9 Å². The summed E-state index contributed by atoms with van der Waals surface area (Å²) in [4.78, 5) is 17.2. The Kier molecular flexibility index (Phi) is 3.80. The van der Waals surface area contributed by atoms with Gasteiger partial charge in [-0.3, -0.25) is 4.79 Å². The fraction of sp³-hybridized carbons (Fsp3) is 0.389. The van der Waals surface area contributed by atoms with Crippen molar-refractivity contribution in [1.82, 2.24) is 15.5 Å². The molecule has 0 spiro atoms. The maximum absolute atomic E-state index is 12.8. The smallest absolute Gasteiger partial charge is 0.259 e. The molecule has 25 heavy (non-hydrogen) atoms. The summed E-state index contributed by atoms with van der Waals surface area (Å²) >= 11 is 0. The lowest BCUT2D eigenvalue weighted by molar-refractivity contribution is 0.0450. The molecule has 4 rings (SSSR count). The number of carbonyl (C=O) groups is 1. The van der Waals surface area contributed by atoms with Crippen LogP contribution in [-0.4, -0.2) is 33.3 Å². The number of pyridine rings is 1.